The van der Waals surface area contributed by atoms with Crippen LogP contribution in [-0.4, -0.2) is 27.9 Å². The minimum Gasteiger partial charge on any atom is -0.320 e. The molecule has 1 rings (SSSR count). The number of aromatic nitrogens is 3. The van der Waals surface area contributed by atoms with Crippen LogP contribution in [0.25, 0.3) is 0 Å². The van der Waals surface area contributed by atoms with Crippen molar-refractivity contribution in [2.75, 3.05) is 13.6 Å². The second kappa shape index (κ2) is 7.81. The third-order valence-corrected chi connectivity index (χ3v) is 2.02. The van der Waals surface area contributed by atoms with Gasteiger partial charge in [-0.05, 0) is 20.0 Å². The lowest BCUT2D eigenvalue weighted by molar-refractivity contribution is 0.600. The van der Waals surface area contributed by atoms with Gasteiger partial charge in [-0.3, -0.25) is 9.36 Å². The fraction of sp³-hybridized carbons (Fsp3) is 0.700. The summed E-state index contributed by atoms with van der Waals surface area (Å²) in [6.45, 7) is 3.36. The number of nitrogens with zero attached hydrogens (tertiary/aromatic N) is 3. The van der Waals surface area contributed by atoms with Gasteiger partial charge in [0.05, 0.1) is 0 Å². The summed E-state index contributed by atoms with van der Waals surface area (Å²) in [4.78, 5) is 21.5. The zero-order valence-electron chi connectivity index (χ0n) is 10.4. The van der Waals surface area contributed by atoms with Crippen LogP contribution < -0.4 is 16.6 Å². The molecule has 0 amide bonds. The number of nitrogens with one attached hydrogen (secondary N) is 1. The summed E-state index contributed by atoms with van der Waals surface area (Å²) in [6.07, 6.45) is 3.69. The molecule has 1 aromatic rings. The minimum atomic E-state index is -0.410. The van der Waals surface area contributed by atoms with Gasteiger partial charge in [0.2, 0.25) is 0 Å². The van der Waals surface area contributed by atoms with Gasteiger partial charge in [-0.15, -0.1) is 0 Å². The van der Waals surface area contributed by atoms with Gasteiger partial charge >= 0.3 is 5.69 Å². The van der Waals surface area contributed by atoms with Crippen LogP contribution in [0.15, 0.2) is 15.8 Å². The summed E-state index contributed by atoms with van der Waals surface area (Å²) >= 11 is 0. The molecule has 0 aliphatic rings. The predicted octanol–water partition coefficient (Wildman–Crippen LogP) is -0.515. The highest BCUT2D eigenvalue weighted by Crippen LogP contribution is 1.79. The standard InChI is InChI=1S/C5H7N3O2.C5H13N/c1-7-4(9)3-6-8(2)5(7)10;1-3-4-5-6-2/h3H,1-2H3;6H,3-5H2,1-2H3. The van der Waals surface area contributed by atoms with Crippen LogP contribution in [0.5, 0.6) is 0 Å². The van der Waals surface area contributed by atoms with Gasteiger partial charge in [-0.2, -0.15) is 5.10 Å². The summed E-state index contributed by atoms with van der Waals surface area (Å²) in [5.41, 5.74) is -0.796. The van der Waals surface area contributed by atoms with E-state index in [9.17, 15) is 9.59 Å². The summed E-state index contributed by atoms with van der Waals surface area (Å²) in [7, 11) is 4.88. The molecule has 0 bridgehead atoms. The van der Waals surface area contributed by atoms with E-state index in [4.69, 9.17) is 0 Å². The van der Waals surface area contributed by atoms with Gasteiger partial charge < -0.3 is 5.32 Å². The maximum absolute atomic E-state index is 10.9. The van der Waals surface area contributed by atoms with Gasteiger partial charge in [-0.25, -0.2) is 9.48 Å². The predicted molar refractivity (Wildman–Crippen MR) is 63.6 cm³/mol. The van der Waals surface area contributed by atoms with Crippen LogP contribution in [0, 0.1) is 0 Å². The second-order valence-electron chi connectivity index (χ2n) is 3.41. The average molecular weight is 228 g/mol. The topological polar surface area (TPSA) is 68.9 Å². The van der Waals surface area contributed by atoms with Crippen molar-refractivity contribution < 1.29 is 0 Å². The van der Waals surface area contributed by atoms with E-state index in [1.54, 1.807) is 0 Å². The van der Waals surface area contributed by atoms with Gasteiger partial charge in [0.25, 0.3) is 5.56 Å². The lowest BCUT2D eigenvalue weighted by Gasteiger charge is -1.96. The van der Waals surface area contributed by atoms with E-state index in [0.717, 1.165) is 22.0 Å². The third kappa shape index (κ3) is 4.88. The molecule has 0 aromatic carbocycles. The smallest absolute Gasteiger partial charge is 0.320 e. The molecular formula is C10H20N4O2. The quantitative estimate of drug-likeness (QED) is 0.707. The highest BCUT2D eigenvalue weighted by atomic mass is 16.2. The second-order valence-corrected chi connectivity index (χ2v) is 3.41. The first-order valence-corrected chi connectivity index (χ1v) is 5.28. The molecular weight excluding hydrogens is 208 g/mol. The Balaban J connectivity index is 0.000000325. The average Bonchev–Trinajstić information content (AvgIpc) is 2.29. The van der Waals surface area contributed by atoms with Crippen molar-refractivity contribution in [3.8, 4) is 0 Å². The van der Waals surface area contributed by atoms with E-state index in [1.165, 1.54) is 26.9 Å². The van der Waals surface area contributed by atoms with Crippen molar-refractivity contribution in [1.29, 1.82) is 0 Å². The van der Waals surface area contributed by atoms with Crippen LogP contribution in [0.1, 0.15) is 19.8 Å². The molecule has 0 spiro atoms. The van der Waals surface area contributed by atoms with E-state index in [0.29, 0.717) is 0 Å². The van der Waals surface area contributed by atoms with Crippen molar-refractivity contribution in [3.63, 3.8) is 0 Å². The minimum absolute atomic E-state index is 0.386. The van der Waals surface area contributed by atoms with E-state index < -0.39 is 5.69 Å². The number of rotatable bonds is 3. The maximum atomic E-state index is 10.9. The summed E-state index contributed by atoms with van der Waals surface area (Å²) in [6, 6.07) is 0. The van der Waals surface area contributed by atoms with Crippen molar-refractivity contribution in [1.82, 2.24) is 19.7 Å². The van der Waals surface area contributed by atoms with E-state index in [2.05, 4.69) is 17.3 Å². The molecule has 92 valence electrons. The summed E-state index contributed by atoms with van der Waals surface area (Å²) in [5.74, 6) is 0. The van der Waals surface area contributed by atoms with Gasteiger partial charge in [0, 0.05) is 14.1 Å². The molecule has 0 saturated heterocycles. The molecule has 1 aromatic heterocycles. The van der Waals surface area contributed by atoms with Crippen LogP contribution >= 0.6 is 0 Å². The Morgan fingerprint density at radius 2 is 2.00 bits per heavy atom. The van der Waals surface area contributed by atoms with E-state index in [-0.39, 0.29) is 5.56 Å². The Bertz CT molecular complexity index is 404. The maximum Gasteiger partial charge on any atom is 0.346 e. The van der Waals surface area contributed by atoms with E-state index in [1.807, 2.05) is 7.05 Å². The number of hydrogen-bond donors (Lipinski definition) is 1. The Kier molecular flexibility index (Phi) is 7.11. The van der Waals surface area contributed by atoms with Crippen LogP contribution in [0.4, 0.5) is 0 Å². The zero-order valence-corrected chi connectivity index (χ0v) is 10.4. The van der Waals surface area contributed by atoms with Gasteiger partial charge in [0.1, 0.15) is 6.20 Å². The Morgan fingerprint density at radius 1 is 1.38 bits per heavy atom. The Hall–Kier alpha value is -1.43. The number of unbranched alkanes of at least 4 members (excludes halogenated alkanes) is 1. The fourth-order valence-corrected chi connectivity index (χ4v) is 0.937. The third-order valence-electron chi connectivity index (χ3n) is 2.02. The molecule has 6 nitrogen and oxygen atoms in total. The fourth-order valence-electron chi connectivity index (χ4n) is 0.937. The molecule has 0 atom stereocenters. The highest BCUT2D eigenvalue weighted by Gasteiger charge is 1.95. The van der Waals surface area contributed by atoms with Crippen LogP contribution in [-0.2, 0) is 14.1 Å². The molecule has 0 fully saturated rings. The first-order valence-electron chi connectivity index (χ1n) is 5.28. The Morgan fingerprint density at radius 3 is 2.38 bits per heavy atom. The van der Waals surface area contributed by atoms with Crippen molar-refractivity contribution in [2.24, 2.45) is 14.1 Å². The van der Waals surface area contributed by atoms with Crippen LogP contribution in [0.3, 0.4) is 0 Å². The van der Waals surface area contributed by atoms with Gasteiger partial charge in [-0.1, -0.05) is 13.3 Å². The number of hydrogen-bond acceptors (Lipinski definition) is 4. The van der Waals surface area contributed by atoms with Gasteiger partial charge in [0.15, 0.2) is 0 Å². The zero-order chi connectivity index (χ0) is 12.6. The van der Waals surface area contributed by atoms with E-state index >= 15 is 0 Å². The summed E-state index contributed by atoms with van der Waals surface area (Å²) < 4.78 is 2.09. The Labute approximate surface area is 94.9 Å². The molecule has 6 heteroatoms. The SMILES string of the molecule is CCCCNC.Cn1ncc(=O)n(C)c1=O. The molecule has 0 aliphatic carbocycles. The molecule has 1 N–H and O–H groups in total. The molecule has 16 heavy (non-hydrogen) atoms. The molecule has 0 saturated carbocycles. The molecule has 0 radical (unpaired) electrons. The van der Waals surface area contributed by atoms with Crippen molar-refractivity contribution in [3.05, 3.63) is 27.0 Å². The lowest BCUT2D eigenvalue weighted by Crippen LogP contribution is -2.37. The number of aryl methyl sites for hydroxylation is 1. The largest absolute Gasteiger partial charge is 0.346 e. The highest BCUT2D eigenvalue weighted by molar-refractivity contribution is 4.72. The first-order chi connectivity index (χ1) is 7.54. The monoisotopic (exact) mass is 228 g/mol. The van der Waals surface area contributed by atoms with Crippen molar-refractivity contribution >= 4 is 0 Å². The van der Waals surface area contributed by atoms with Crippen LogP contribution in [0.2, 0.25) is 0 Å². The lowest BCUT2D eigenvalue weighted by atomic mass is 10.3. The first kappa shape index (κ1) is 14.6. The molecule has 0 aliphatic heterocycles. The molecule has 1 heterocycles. The molecule has 0 unspecified atom stereocenters. The normalized spacial score (nSPS) is 9.50. The summed E-state index contributed by atoms with van der Waals surface area (Å²) in [5, 5.41) is 6.58. The van der Waals surface area contributed by atoms with Crippen molar-refractivity contribution in [2.45, 2.75) is 19.8 Å².